The fourth-order valence-electron chi connectivity index (χ4n) is 2.68. The van der Waals surface area contributed by atoms with Crippen molar-refractivity contribution in [3.05, 3.63) is 39.4 Å². The van der Waals surface area contributed by atoms with E-state index in [1.165, 1.54) is 30.0 Å². The number of amides is 1. The number of benzene rings is 1. The summed E-state index contributed by atoms with van der Waals surface area (Å²) >= 11 is 0. The second-order valence-corrected chi connectivity index (χ2v) is 5.34. The number of likely N-dealkylation sites (tertiary alicyclic amines) is 1. The molecule has 2 atom stereocenters. The first-order valence-corrected chi connectivity index (χ1v) is 6.59. The van der Waals surface area contributed by atoms with E-state index in [2.05, 4.69) is 0 Å². The largest absolute Gasteiger partial charge is 0.481 e. The average molecular weight is 292 g/mol. The van der Waals surface area contributed by atoms with Gasteiger partial charge >= 0.3 is 5.97 Å². The highest BCUT2D eigenvalue weighted by molar-refractivity contribution is 5.97. The summed E-state index contributed by atoms with van der Waals surface area (Å²) < 4.78 is 0. The first-order chi connectivity index (χ1) is 9.82. The number of nitro benzene ring substituents is 1. The molecule has 1 heterocycles. The predicted molar refractivity (Wildman–Crippen MR) is 74.0 cm³/mol. The van der Waals surface area contributed by atoms with Crippen molar-refractivity contribution >= 4 is 17.6 Å². The number of hydrogen-bond acceptors (Lipinski definition) is 4. The molecule has 0 aromatic heterocycles. The van der Waals surface area contributed by atoms with E-state index >= 15 is 0 Å². The summed E-state index contributed by atoms with van der Waals surface area (Å²) in [6.45, 7) is 3.79. The average Bonchev–Trinajstić information content (AvgIpc) is 2.80. The second kappa shape index (κ2) is 5.51. The molecule has 0 saturated carbocycles. The van der Waals surface area contributed by atoms with E-state index in [1.807, 2.05) is 0 Å². The lowest BCUT2D eigenvalue weighted by Crippen LogP contribution is -2.30. The van der Waals surface area contributed by atoms with Gasteiger partial charge < -0.3 is 10.0 Å². The molecule has 0 unspecified atom stereocenters. The maximum Gasteiger partial charge on any atom is 0.308 e. The summed E-state index contributed by atoms with van der Waals surface area (Å²) in [5.74, 6) is -2.00. The normalized spacial score (nSPS) is 21.3. The van der Waals surface area contributed by atoms with Gasteiger partial charge in [0, 0.05) is 30.3 Å². The number of nitrogens with zero attached hydrogens (tertiary/aromatic N) is 2. The van der Waals surface area contributed by atoms with Crippen molar-refractivity contribution in [3.8, 4) is 0 Å². The Kier molecular flexibility index (Phi) is 3.93. The van der Waals surface area contributed by atoms with Crippen LogP contribution >= 0.6 is 0 Å². The van der Waals surface area contributed by atoms with Gasteiger partial charge in [-0.2, -0.15) is 0 Å². The maximum atomic E-state index is 12.5. The highest BCUT2D eigenvalue weighted by Crippen LogP contribution is 2.27. The summed E-state index contributed by atoms with van der Waals surface area (Å²) in [7, 11) is 0. The Morgan fingerprint density at radius 2 is 2.05 bits per heavy atom. The van der Waals surface area contributed by atoms with Crippen LogP contribution in [0.1, 0.15) is 22.8 Å². The van der Waals surface area contributed by atoms with Crippen LogP contribution in [0, 0.1) is 28.9 Å². The van der Waals surface area contributed by atoms with Gasteiger partial charge in [-0.05, 0) is 18.9 Å². The molecule has 21 heavy (non-hydrogen) atoms. The van der Waals surface area contributed by atoms with Gasteiger partial charge in [0.05, 0.1) is 10.8 Å². The maximum absolute atomic E-state index is 12.5. The SMILES string of the molecule is Cc1c(C(=O)N2C[C@@H](C)[C@H](C(=O)O)C2)cccc1[N+](=O)[O-]. The van der Waals surface area contributed by atoms with Crippen LogP contribution in [0.5, 0.6) is 0 Å². The van der Waals surface area contributed by atoms with Gasteiger partial charge in [-0.3, -0.25) is 19.7 Å². The number of aliphatic carboxylic acids is 1. The molecule has 1 fully saturated rings. The van der Waals surface area contributed by atoms with Gasteiger partial charge in [-0.25, -0.2) is 0 Å². The van der Waals surface area contributed by atoms with E-state index in [4.69, 9.17) is 5.11 Å². The number of carboxylic acid groups (broad SMARTS) is 1. The van der Waals surface area contributed by atoms with Crippen LogP contribution in [0.15, 0.2) is 18.2 Å². The van der Waals surface area contributed by atoms with E-state index in [0.717, 1.165) is 0 Å². The number of hydrogen-bond donors (Lipinski definition) is 1. The lowest BCUT2D eigenvalue weighted by molar-refractivity contribution is -0.385. The van der Waals surface area contributed by atoms with Crippen LogP contribution in [0.4, 0.5) is 5.69 Å². The molecule has 7 nitrogen and oxygen atoms in total. The summed E-state index contributed by atoms with van der Waals surface area (Å²) in [4.78, 5) is 35.4. The van der Waals surface area contributed by atoms with Crippen LogP contribution in [-0.4, -0.2) is 39.9 Å². The monoisotopic (exact) mass is 292 g/mol. The Bertz CT molecular complexity index is 613. The Labute approximate surface area is 121 Å². The molecular weight excluding hydrogens is 276 g/mol. The van der Waals surface area contributed by atoms with E-state index in [0.29, 0.717) is 12.1 Å². The fourth-order valence-corrected chi connectivity index (χ4v) is 2.68. The van der Waals surface area contributed by atoms with Crippen LogP contribution < -0.4 is 0 Å². The highest BCUT2D eigenvalue weighted by Gasteiger charge is 2.37. The highest BCUT2D eigenvalue weighted by atomic mass is 16.6. The molecule has 0 aliphatic carbocycles. The third-order valence-corrected chi connectivity index (χ3v) is 3.95. The summed E-state index contributed by atoms with van der Waals surface area (Å²) in [5, 5.41) is 20.0. The first-order valence-electron chi connectivity index (χ1n) is 6.59. The molecule has 7 heteroatoms. The molecule has 0 radical (unpaired) electrons. The van der Waals surface area contributed by atoms with Gasteiger partial charge in [0.15, 0.2) is 0 Å². The topological polar surface area (TPSA) is 101 Å². The molecule has 1 saturated heterocycles. The Morgan fingerprint density at radius 3 is 2.57 bits per heavy atom. The quantitative estimate of drug-likeness (QED) is 0.675. The van der Waals surface area contributed by atoms with Gasteiger partial charge in [0.1, 0.15) is 0 Å². The second-order valence-electron chi connectivity index (χ2n) is 5.34. The molecule has 112 valence electrons. The van der Waals surface area contributed by atoms with Crippen molar-refractivity contribution in [2.75, 3.05) is 13.1 Å². The minimum atomic E-state index is -0.923. The zero-order valence-electron chi connectivity index (χ0n) is 11.8. The lowest BCUT2D eigenvalue weighted by Gasteiger charge is -2.17. The Morgan fingerprint density at radius 1 is 1.38 bits per heavy atom. The van der Waals surface area contributed by atoms with Crippen molar-refractivity contribution in [3.63, 3.8) is 0 Å². The smallest absolute Gasteiger partial charge is 0.308 e. The zero-order valence-corrected chi connectivity index (χ0v) is 11.8. The Balaban J connectivity index is 2.28. The van der Waals surface area contributed by atoms with Crippen LogP contribution in [0.25, 0.3) is 0 Å². The molecule has 1 amide bonds. The molecule has 1 N–H and O–H groups in total. The van der Waals surface area contributed by atoms with Crippen molar-refractivity contribution in [1.29, 1.82) is 0 Å². The Hall–Kier alpha value is -2.44. The van der Waals surface area contributed by atoms with Gasteiger partial charge in [0.2, 0.25) is 0 Å². The number of rotatable bonds is 3. The zero-order chi connectivity index (χ0) is 15.7. The molecule has 1 aromatic rings. The van der Waals surface area contributed by atoms with Crippen molar-refractivity contribution < 1.29 is 19.6 Å². The molecule has 2 rings (SSSR count). The van der Waals surface area contributed by atoms with Crippen LogP contribution in [0.2, 0.25) is 0 Å². The first kappa shape index (κ1) is 15.0. The molecule has 1 aliphatic heterocycles. The summed E-state index contributed by atoms with van der Waals surface area (Å²) in [6.07, 6.45) is 0. The van der Waals surface area contributed by atoms with Crippen molar-refractivity contribution in [1.82, 2.24) is 4.90 Å². The third kappa shape index (κ3) is 2.72. The third-order valence-electron chi connectivity index (χ3n) is 3.95. The van der Waals surface area contributed by atoms with E-state index in [-0.39, 0.29) is 29.6 Å². The van der Waals surface area contributed by atoms with E-state index in [9.17, 15) is 19.7 Å². The molecule has 0 bridgehead atoms. The minimum absolute atomic E-state index is 0.108. The van der Waals surface area contributed by atoms with Crippen molar-refractivity contribution in [2.45, 2.75) is 13.8 Å². The minimum Gasteiger partial charge on any atom is -0.481 e. The van der Waals surface area contributed by atoms with Crippen LogP contribution in [-0.2, 0) is 4.79 Å². The summed E-state index contributed by atoms with van der Waals surface area (Å²) in [6, 6.07) is 4.34. The predicted octanol–water partition coefficient (Wildman–Crippen LogP) is 1.70. The van der Waals surface area contributed by atoms with Gasteiger partial charge in [0.25, 0.3) is 11.6 Å². The van der Waals surface area contributed by atoms with E-state index < -0.39 is 16.8 Å². The van der Waals surface area contributed by atoms with Crippen LogP contribution in [0.3, 0.4) is 0 Å². The molecule has 1 aliphatic rings. The number of carbonyl (C=O) groups excluding carboxylic acids is 1. The standard InChI is InChI=1S/C14H16N2O5/c1-8-6-15(7-11(8)14(18)19)13(17)10-4-3-5-12(9(10)2)16(20)21/h3-5,8,11H,6-7H2,1-2H3,(H,18,19)/t8-,11-/m1/s1. The summed E-state index contributed by atoms with van der Waals surface area (Å²) in [5.41, 5.74) is 0.448. The lowest BCUT2D eigenvalue weighted by atomic mass is 9.99. The number of carbonyl (C=O) groups is 2. The van der Waals surface area contributed by atoms with E-state index in [1.54, 1.807) is 6.92 Å². The van der Waals surface area contributed by atoms with Crippen molar-refractivity contribution in [2.24, 2.45) is 11.8 Å². The number of carboxylic acids is 1. The number of nitro groups is 1. The van der Waals surface area contributed by atoms with Gasteiger partial charge in [-0.1, -0.05) is 13.0 Å². The molecule has 1 aromatic carbocycles. The fraction of sp³-hybridized carbons (Fsp3) is 0.429. The molecular formula is C14H16N2O5. The molecule has 0 spiro atoms. The van der Waals surface area contributed by atoms with Gasteiger partial charge in [-0.15, -0.1) is 0 Å².